The molecule has 0 aliphatic heterocycles. The molecule has 0 aliphatic rings. The molecule has 0 saturated carbocycles. The lowest BCUT2D eigenvalue weighted by atomic mass is 10.1. The predicted molar refractivity (Wildman–Crippen MR) is 147 cm³/mol. The van der Waals surface area contributed by atoms with Crippen LogP contribution in [-0.2, 0) is 16.1 Å². The van der Waals surface area contributed by atoms with Crippen LogP contribution in [0, 0.1) is 13.8 Å². The number of nitrogens with one attached hydrogen (secondary N) is 2. The minimum atomic E-state index is -0.907. The van der Waals surface area contributed by atoms with E-state index in [0.717, 1.165) is 51.1 Å². The molecule has 7 heteroatoms. The topological polar surface area (TPSA) is 89.0 Å². The normalized spacial score (nSPS) is 12.1. The fourth-order valence-electron chi connectivity index (χ4n) is 4.66. The molecule has 2 heterocycles. The summed E-state index contributed by atoms with van der Waals surface area (Å²) in [5.74, 6) is -0.144. The summed E-state index contributed by atoms with van der Waals surface area (Å²) in [7, 11) is 0. The molecule has 0 bridgehead atoms. The Hall–Kier alpha value is -4.39. The van der Waals surface area contributed by atoms with Gasteiger partial charge < -0.3 is 19.6 Å². The van der Waals surface area contributed by atoms with Gasteiger partial charge in [0.05, 0.1) is 11.3 Å². The van der Waals surface area contributed by atoms with E-state index in [1.54, 1.807) is 12.1 Å². The first-order valence-electron chi connectivity index (χ1n) is 12.6. The summed E-state index contributed by atoms with van der Waals surface area (Å²) < 4.78 is 7.85. The number of para-hydroxylation sites is 1. The Morgan fingerprint density at radius 2 is 1.70 bits per heavy atom. The van der Waals surface area contributed by atoms with Gasteiger partial charge in [-0.3, -0.25) is 4.79 Å². The number of aryl methyl sites for hydroxylation is 3. The fraction of sp³-hybridized carbons (Fsp3) is 0.233. The number of carbonyl (C=O) groups excluding carboxylic acids is 2. The highest BCUT2D eigenvalue weighted by Gasteiger charge is 2.23. The van der Waals surface area contributed by atoms with Gasteiger partial charge in [-0.1, -0.05) is 37.3 Å². The number of aromatic amines is 1. The third-order valence-electron chi connectivity index (χ3n) is 6.79. The number of H-pyrrole nitrogens is 1. The first-order chi connectivity index (χ1) is 17.9. The minimum absolute atomic E-state index is 0.354. The minimum Gasteiger partial charge on any atom is -0.449 e. The zero-order valence-corrected chi connectivity index (χ0v) is 21.5. The highest BCUT2D eigenvalue weighted by atomic mass is 16.5. The standard InChI is InChI=1S/C30H30N4O3/c1-5-27(37-30(36)21-13-11-20(12-14-21)28-31-18(3)19(4)32-28)29(35)33-22-15-16-26-24(17-22)23-9-7-8-10-25(23)34(26)6-2/h7-17,27H,5-6H2,1-4H3,(H,31,32)(H,33,35). The van der Waals surface area contributed by atoms with Crippen LogP contribution in [0.4, 0.5) is 5.69 Å². The van der Waals surface area contributed by atoms with Crippen LogP contribution < -0.4 is 5.32 Å². The van der Waals surface area contributed by atoms with Gasteiger partial charge in [0.2, 0.25) is 0 Å². The van der Waals surface area contributed by atoms with Crippen molar-refractivity contribution in [2.75, 3.05) is 5.32 Å². The second-order valence-electron chi connectivity index (χ2n) is 9.16. The molecule has 2 N–H and O–H groups in total. The summed E-state index contributed by atoms with van der Waals surface area (Å²) >= 11 is 0. The average molecular weight is 495 g/mol. The van der Waals surface area contributed by atoms with E-state index in [2.05, 4.69) is 38.9 Å². The van der Waals surface area contributed by atoms with Crippen molar-refractivity contribution < 1.29 is 14.3 Å². The number of anilines is 1. The van der Waals surface area contributed by atoms with E-state index in [4.69, 9.17) is 4.74 Å². The molecule has 0 fully saturated rings. The molecule has 1 atom stereocenters. The fourth-order valence-corrected chi connectivity index (χ4v) is 4.66. The van der Waals surface area contributed by atoms with E-state index in [1.807, 2.05) is 63.2 Å². The van der Waals surface area contributed by atoms with Gasteiger partial charge in [0.25, 0.3) is 5.91 Å². The monoisotopic (exact) mass is 494 g/mol. The number of fused-ring (bicyclic) bond motifs is 3. The number of amides is 1. The third-order valence-corrected chi connectivity index (χ3v) is 6.79. The van der Waals surface area contributed by atoms with Crippen LogP contribution >= 0.6 is 0 Å². The van der Waals surface area contributed by atoms with Gasteiger partial charge in [-0.25, -0.2) is 9.78 Å². The lowest BCUT2D eigenvalue weighted by Crippen LogP contribution is -2.32. The van der Waals surface area contributed by atoms with E-state index < -0.39 is 12.1 Å². The number of hydrogen-bond donors (Lipinski definition) is 2. The van der Waals surface area contributed by atoms with Gasteiger partial charge in [-0.05, 0) is 63.6 Å². The Morgan fingerprint density at radius 3 is 2.38 bits per heavy atom. The molecule has 2 aromatic heterocycles. The van der Waals surface area contributed by atoms with Crippen molar-refractivity contribution in [1.29, 1.82) is 0 Å². The summed E-state index contributed by atoms with van der Waals surface area (Å²) in [6.07, 6.45) is -0.548. The van der Waals surface area contributed by atoms with E-state index in [-0.39, 0.29) is 5.91 Å². The van der Waals surface area contributed by atoms with Crippen molar-refractivity contribution in [3.63, 3.8) is 0 Å². The zero-order chi connectivity index (χ0) is 26.1. The van der Waals surface area contributed by atoms with Crippen molar-refractivity contribution >= 4 is 39.4 Å². The highest BCUT2D eigenvalue weighted by molar-refractivity contribution is 6.10. The van der Waals surface area contributed by atoms with Gasteiger partial charge in [0.15, 0.2) is 6.10 Å². The molecule has 3 aromatic carbocycles. The van der Waals surface area contributed by atoms with E-state index in [1.165, 1.54) is 0 Å². The van der Waals surface area contributed by atoms with Crippen LogP contribution in [0.1, 0.15) is 42.0 Å². The molecule has 5 aromatic rings. The van der Waals surface area contributed by atoms with Gasteiger partial charge in [0.1, 0.15) is 5.82 Å². The summed E-state index contributed by atoms with van der Waals surface area (Å²) in [6, 6.07) is 21.1. The predicted octanol–water partition coefficient (Wildman–Crippen LogP) is 6.40. The second kappa shape index (κ2) is 9.93. The quantitative estimate of drug-likeness (QED) is 0.256. The molecule has 37 heavy (non-hydrogen) atoms. The zero-order valence-electron chi connectivity index (χ0n) is 21.5. The number of hydrogen-bond acceptors (Lipinski definition) is 4. The molecular formula is C30H30N4O3. The van der Waals surface area contributed by atoms with Gasteiger partial charge in [-0.2, -0.15) is 0 Å². The van der Waals surface area contributed by atoms with Crippen molar-refractivity contribution in [1.82, 2.24) is 14.5 Å². The number of imidazole rings is 1. The van der Waals surface area contributed by atoms with E-state index in [0.29, 0.717) is 17.7 Å². The molecule has 1 unspecified atom stereocenters. The number of nitrogens with zero attached hydrogens (tertiary/aromatic N) is 2. The smallest absolute Gasteiger partial charge is 0.338 e. The largest absolute Gasteiger partial charge is 0.449 e. The Morgan fingerprint density at radius 1 is 0.973 bits per heavy atom. The number of ether oxygens (including phenoxy) is 1. The van der Waals surface area contributed by atoms with Crippen LogP contribution in [0.15, 0.2) is 66.7 Å². The van der Waals surface area contributed by atoms with Crippen molar-refractivity contribution in [2.24, 2.45) is 0 Å². The third kappa shape index (κ3) is 4.60. The lowest BCUT2D eigenvalue weighted by Gasteiger charge is -2.16. The average Bonchev–Trinajstić information content (AvgIpc) is 3.42. The van der Waals surface area contributed by atoms with Crippen LogP contribution in [0.2, 0.25) is 0 Å². The molecule has 7 nitrogen and oxygen atoms in total. The maximum absolute atomic E-state index is 13.0. The van der Waals surface area contributed by atoms with Crippen LogP contribution in [0.25, 0.3) is 33.2 Å². The second-order valence-corrected chi connectivity index (χ2v) is 9.16. The van der Waals surface area contributed by atoms with Crippen molar-refractivity contribution in [3.05, 3.63) is 83.7 Å². The summed E-state index contributed by atoms with van der Waals surface area (Å²) in [4.78, 5) is 33.6. The molecule has 0 radical (unpaired) electrons. The molecule has 0 spiro atoms. The van der Waals surface area contributed by atoms with Crippen molar-refractivity contribution in [2.45, 2.75) is 46.8 Å². The number of benzene rings is 3. The molecular weight excluding hydrogens is 464 g/mol. The first kappa shape index (κ1) is 24.3. The van der Waals surface area contributed by atoms with Gasteiger partial charge in [-0.15, -0.1) is 0 Å². The molecule has 0 aliphatic carbocycles. The maximum atomic E-state index is 13.0. The molecule has 5 rings (SSSR count). The Bertz CT molecular complexity index is 1590. The Kier molecular flexibility index (Phi) is 6.53. The van der Waals surface area contributed by atoms with Gasteiger partial charge in [0, 0.05) is 45.3 Å². The van der Waals surface area contributed by atoms with Crippen LogP contribution in [0.5, 0.6) is 0 Å². The lowest BCUT2D eigenvalue weighted by molar-refractivity contribution is -0.124. The van der Waals surface area contributed by atoms with Crippen molar-refractivity contribution in [3.8, 4) is 11.4 Å². The number of carbonyl (C=O) groups is 2. The summed E-state index contributed by atoms with van der Waals surface area (Å²) in [5, 5.41) is 5.14. The maximum Gasteiger partial charge on any atom is 0.338 e. The van der Waals surface area contributed by atoms with E-state index >= 15 is 0 Å². The van der Waals surface area contributed by atoms with Crippen LogP contribution in [0.3, 0.4) is 0 Å². The summed E-state index contributed by atoms with van der Waals surface area (Å²) in [6.45, 7) is 8.70. The number of rotatable bonds is 7. The van der Waals surface area contributed by atoms with Gasteiger partial charge >= 0.3 is 5.97 Å². The summed E-state index contributed by atoms with van der Waals surface area (Å²) in [5.41, 5.74) is 6.13. The first-order valence-corrected chi connectivity index (χ1v) is 12.6. The SMILES string of the molecule is CCC(OC(=O)c1ccc(-c2nc(C)c(C)[nH]2)cc1)C(=O)Nc1ccc2c(c1)c1ccccc1n2CC. The highest BCUT2D eigenvalue weighted by Crippen LogP contribution is 2.31. The Balaban J connectivity index is 1.30. The number of esters is 1. The molecule has 0 saturated heterocycles. The van der Waals surface area contributed by atoms with E-state index in [9.17, 15) is 9.59 Å². The Labute approximate surface area is 215 Å². The number of aromatic nitrogens is 3. The molecule has 1 amide bonds. The molecule has 188 valence electrons. The van der Waals surface area contributed by atoms with Crippen LogP contribution in [-0.4, -0.2) is 32.5 Å².